The van der Waals surface area contributed by atoms with Gasteiger partial charge in [0, 0.05) is 19.1 Å². The van der Waals surface area contributed by atoms with Crippen LogP contribution in [-0.2, 0) is 9.53 Å². The van der Waals surface area contributed by atoms with Gasteiger partial charge in [0.1, 0.15) is 6.54 Å². The van der Waals surface area contributed by atoms with E-state index in [9.17, 15) is 4.79 Å². The van der Waals surface area contributed by atoms with Crippen LogP contribution in [0.25, 0.3) is 0 Å². The van der Waals surface area contributed by atoms with Crippen LogP contribution in [0.1, 0.15) is 12.8 Å². The fraction of sp³-hybridized carbons (Fsp3) is 0.750. The second-order valence-corrected chi connectivity index (χ2v) is 2.76. The van der Waals surface area contributed by atoms with Crippen molar-refractivity contribution in [2.45, 2.75) is 12.8 Å². The lowest BCUT2D eigenvalue weighted by molar-refractivity contribution is -0.127. The molecule has 0 bridgehead atoms. The molecule has 0 aromatic rings. The molecule has 1 N–H and O–H groups in total. The fourth-order valence-corrected chi connectivity index (χ4v) is 1.23. The highest BCUT2D eigenvalue weighted by Gasteiger charge is 2.20. The zero-order chi connectivity index (χ0) is 8.81. The number of amides is 1. The van der Waals surface area contributed by atoms with E-state index >= 15 is 0 Å². The first kappa shape index (κ1) is 9.01. The Labute approximate surface area is 71.5 Å². The van der Waals surface area contributed by atoms with Crippen LogP contribution in [-0.4, -0.2) is 25.7 Å². The van der Waals surface area contributed by atoms with Crippen LogP contribution in [0, 0.1) is 17.2 Å². The normalized spacial score (nSPS) is 18.2. The van der Waals surface area contributed by atoms with Gasteiger partial charge in [-0.1, -0.05) is 0 Å². The molecule has 1 fully saturated rings. The number of rotatable bonds is 2. The van der Waals surface area contributed by atoms with Gasteiger partial charge in [-0.3, -0.25) is 4.79 Å². The first-order valence-corrected chi connectivity index (χ1v) is 4.07. The summed E-state index contributed by atoms with van der Waals surface area (Å²) in [4.78, 5) is 11.2. The molecule has 1 amide bonds. The third-order valence-electron chi connectivity index (χ3n) is 1.93. The van der Waals surface area contributed by atoms with Gasteiger partial charge in [0.25, 0.3) is 0 Å². The molecule has 1 aliphatic rings. The summed E-state index contributed by atoms with van der Waals surface area (Å²) in [5.41, 5.74) is 0. The summed E-state index contributed by atoms with van der Waals surface area (Å²) in [5.74, 6) is 0.0342. The molecule has 66 valence electrons. The summed E-state index contributed by atoms with van der Waals surface area (Å²) in [6, 6.07) is 1.87. The summed E-state index contributed by atoms with van der Waals surface area (Å²) in [6.07, 6.45) is 1.55. The van der Waals surface area contributed by atoms with E-state index in [2.05, 4.69) is 5.32 Å². The van der Waals surface area contributed by atoms with Crippen LogP contribution in [0.3, 0.4) is 0 Å². The molecule has 0 atom stereocenters. The molecule has 0 aliphatic carbocycles. The highest BCUT2D eigenvalue weighted by atomic mass is 16.5. The van der Waals surface area contributed by atoms with Crippen LogP contribution in [0.2, 0.25) is 0 Å². The summed E-state index contributed by atoms with van der Waals surface area (Å²) in [7, 11) is 0. The molecule has 1 heterocycles. The molecular weight excluding hydrogens is 156 g/mol. The maximum absolute atomic E-state index is 11.2. The van der Waals surface area contributed by atoms with E-state index in [4.69, 9.17) is 10.00 Å². The number of nitriles is 1. The molecule has 12 heavy (non-hydrogen) atoms. The topological polar surface area (TPSA) is 62.1 Å². The Kier molecular flexibility index (Phi) is 3.55. The molecule has 4 nitrogen and oxygen atoms in total. The van der Waals surface area contributed by atoms with E-state index in [1.807, 2.05) is 6.07 Å². The molecule has 0 spiro atoms. The van der Waals surface area contributed by atoms with Gasteiger partial charge >= 0.3 is 0 Å². The first-order chi connectivity index (χ1) is 5.84. The third-order valence-corrected chi connectivity index (χ3v) is 1.93. The van der Waals surface area contributed by atoms with Gasteiger partial charge in [-0.15, -0.1) is 0 Å². The fourth-order valence-electron chi connectivity index (χ4n) is 1.23. The van der Waals surface area contributed by atoms with Gasteiger partial charge in [-0.05, 0) is 12.8 Å². The average Bonchev–Trinajstić information content (AvgIpc) is 2.15. The number of nitrogens with one attached hydrogen (secondary N) is 1. The lowest BCUT2D eigenvalue weighted by Crippen LogP contribution is -2.34. The first-order valence-electron chi connectivity index (χ1n) is 4.07. The van der Waals surface area contributed by atoms with Crippen molar-refractivity contribution in [3.8, 4) is 6.07 Å². The Hall–Kier alpha value is -1.08. The van der Waals surface area contributed by atoms with E-state index < -0.39 is 0 Å². The number of ether oxygens (including phenoxy) is 1. The van der Waals surface area contributed by atoms with Crippen LogP contribution >= 0.6 is 0 Å². The Morgan fingerprint density at radius 3 is 2.83 bits per heavy atom. The smallest absolute Gasteiger partial charge is 0.224 e. The van der Waals surface area contributed by atoms with Crippen molar-refractivity contribution >= 4 is 5.91 Å². The summed E-state index contributed by atoms with van der Waals surface area (Å²) in [6.45, 7) is 1.42. The molecule has 0 aromatic heterocycles. The second-order valence-electron chi connectivity index (χ2n) is 2.76. The number of carbonyl (C=O) groups excluding carboxylic acids is 1. The molecule has 0 saturated carbocycles. The minimum Gasteiger partial charge on any atom is -0.381 e. The van der Waals surface area contributed by atoms with Gasteiger partial charge < -0.3 is 10.1 Å². The van der Waals surface area contributed by atoms with Gasteiger partial charge in [0.05, 0.1) is 6.07 Å². The van der Waals surface area contributed by atoms with Crippen molar-refractivity contribution in [3.05, 3.63) is 0 Å². The van der Waals surface area contributed by atoms with Crippen molar-refractivity contribution in [1.29, 1.82) is 5.26 Å². The lowest BCUT2D eigenvalue weighted by Gasteiger charge is -2.20. The molecule has 1 saturated heterocycles. The zero-order valence-corrected chi connectivity index (χ0v) is 6.88. The summed E-state index contributed by atoms with van der Waals surface area (Å²) in [5, 5.41) is 10.8. The van der Waals surface area contributed by atoms with Crippen molar-refractivity contribution in [2.75, 3.05) is 19.8 Å². The molecular formula is C8H12N2O2. The molecule has 4 heteroatoms. The van der Waals surface area contributed by atoms with Crippen LogP contribution < -0.4 is 5.32 Å². The minimum atomic E-state index is -0.0140. The van der Waals surface area contributed by atoms with Crippen molar-refractivity contribution in [2.24, 2.45) is 5.92 Å². The predicted molar refractivity (Wildman–Crippen MR) is 42.2 cm³/mol. The maximum Gasteiger partial charge on any atom is 0.224 e. The van der Waals surface area contributed by atoms with Gasteiger partial charge in [-0.2, -0.15) is 5.26 Å². The Morgan fingerprint density at radius 2 is 2.25 bits per heavy atom. The van der Waals surface area contributed by atoms with E-state index in [0.29, 0.717) is 13.2 Å². The van der Waals surface area contributed by atoms with Gasteiger partial charge in [0.15, 0.2) is 0 Å². The van der Waals surface area contributed by atoms with Gasteiger partial charge in [-0.25, -0.2) is 0 Å². The standard InChI is InChI=1S/C8H12N2O2/c9-3-4-10-8(11)7-1-5-12-6-2-7/h7H,1-2,4-6H2,(H,10,11). The Morgan fingerprint density at radius 1 is 1.58 bits per heavy atom. The highest BCUT2D eigenvalue weighted by Crippen LogP contribution is 2.13. The predicted octanol–water partition coefficient (Wildman–Crippen LogP) is 0.0528. The average molecular weight is 168 g/mol. The van der Waals surface area contributed by atoms with Crippen molar-refractivity contribution in [3.63, 3.8) is 0 Å². The van der Waals surface area contributed by atoms with Crippen molar-refractivity contribution in [1.82, 2.24) is 5.32 Å². The number of nitrogens with zero attached hydrogens (tertiary/aromatic N) is 1. The van der Waals surface area contributed by atoms with Crippen LogP contribution in [0.5, 0.6) is 0 Å². The highest BCUT2D eigenvalue weighted by molar-refractivity contribution is 5.78. The molecule has 0 radical (unpaired) electrons. The largest absolute Gasteiger partial charge is 0.381 e. The molecule has 0 aromatic carbocycles. The lowest BCUT2D eigenvalue weighted by atomic mass is 10.00. The number of hydrogen-bond donors (Lipinski definition) is 1. The van der Waals surface area contributed by atoms with Gasteiger partial charge in [0.2, 0.25) is 5.91 Å². The van der Waals surface area contributed by atoms with E-state index in [0.717, 1.165) is 12.8 Å². The van der Waals surface area contributed by atoms with Crippen LogP contribution in [0.4, 0.5) is 0 Å². The van der Waals surface area contributed by atoms with E-state index in [-0.39, 0.29) is 18.4 Å². The zero-order valence-electron chi connectivity index (χ0n) is 6.88. The number of hydrogen-bond acceptors (Lipinski definition) is 3. The minimum absolute atomic E-state index is 0.0140. The third kappa shape index (κ3) is 2.51. The Bertz CT molecular complexity index is 192. The second kappa shape index (κ2) is 4.73. The van der Waals surface area contributed by atoms with Crippen LogP contribution in [0.15, 0.2) is 0 Å². The molecule has 0 unspecified atom stereocenters. The van der Waals surface area contributed by atoms with E-state index in [1.165, 1.54) is 0 Å². The SMILES string of the molecule is N#CCNC(=O)C1CCOCC1. The molecule has 1 aliphatic heterocycles. The summed E-state index contributed by atoms with van der Waals surface area (Å²) >= 11 is 0. The Balaban J connectivity index is 2.26. The monoisotopic (exact) mass is 168 g/mol. The quantitative estimate of drug-likeness (QED) is 0.593. The summed E-state index contributed by atoms with van der Waals surface area (Å²) < 4.78 is 5.11. The van der Waals surface area contributed by atoms with E-state index in [1.54, 1.807) is 0 Å². The number of carbonyl (C=O) groups is 1. The molecule has 1 rings (SSSR count). The van der Waals surface area contributed by atoms with Crippen molar-refractivity contribution < 1.29 is 9.53 Å². The maximum atomic E-state index is 11.2.